The molecular formula is C29H33Cl3N6O3S2. The number of pyridine rings is 1. The fourth-order valence-corrected chi connectivity index (χ4v) is 8.79. The van der Waals surface area contributed by atoms with Crippen LogP contribution >= 0.6 is 57.5 Å². The quantitative estimate of drug-likeness (QED) is 0.269. The van der Waals surface area contributed by atoms with Gasteiger partial charge in [-0.25, -0.2) is 9.97 Å². The second kappa shape index (κ2) is 13.5. The largest absolute Gasteiger partial charge is 0.481 e. The number of anilines is 3. The van der Waals surface area contributed by atoms with Crippen LogP contribution in [0.2, 0.25) is 15.1 Å². The number of carbonyl (C=O) groups is 2. The molecule has 9 nitrogen and oxygen atoms in total. The van der Waals surface area contributed by atoms with Crippen LogP contribution in [0.5, 0.6) is 0 Å². The first-order valence-electron chi connectivity index (χ1n) is 14.7. The average Bonchev–Trinajstić information content (AvgIpc) is 3.65. The van der Waals surface area contributed by atoms with Crippen LogP contribution in [0.15, 0.2) is 17.5 Å². The fourth-order valence-electron chi connectivity index (χ4n) is 6.22. The third kappa shape index (κ3) is 6.92. The normalized spacial score (nSPS) is 19.1. The number of carbonyl (C=O) groups excluding carboxylic acids is 1. The summed E-state index contributed by atoms with van der Waals surface area (Å²) >= 11 is 22.2. The van der Waals surface area contributed by atoms with E-state index in [1.165, 1.54) is 60.8 Å². The van der Waals surface area contributed by atoms with Crippen LogP contribution < -0.4 is 15.1 Å². The van der Waals surface area contributed by atoms with E-state index in [0.29, 0.717) is 47.9 Å². The Morgan fingerprint density at radius 2 is 1.63 bits per heavy atom. The summed E-state index contributed by atoms with van der Waals surface area (Å²) in [6.45, 7) is 4.73. The van der Waals surface area contributed by atoms with Gasteiger partial charge >= 0.3 is 5.97 Å². The van der Waals surface area contributed by atoms with E-state index in [4.69, 9.17) is 39.8 Å². The van der Waals surface area contributed by atoms with Crippen molar-refractivity contribution in [1.82, 2.24) is 14.9 Å². The van der Waals surface area contributed by atoms with Crippen molar-refractivity contribution in [3.63, 3.8) is 0 Å². The van der Waals surface area contributed by atoms with Gasteiger partial charge in [-0.05, 0) is 37.8 Å². The number of aromatic nitrogens is 2. The molecule has 230 valence electrons. The molecule has 0 radical (unpaired) electrons. The van der Waals surface area contributed by atoms with E-state index >= 15 is 0 Å². The topological polar surface area (TPSA) is 102 Å². The lowest BCUT2D eigenvalue weighted by atomic mass is 9.94. The highest BCUT2D eigenvalue weighted by molar-refractivity contribution is 7.21. The summed E-state index contributed by atoms with van der Waals surface area (Å²) < 4.78 is 0. The Balaban J connectivity index is 1.20. The summed E-state index contributed by atoms with van der Waals surface area (Å²) in [5, 5.41) is 16.8. The predicted octanol–water partition coefficient (Wildman–Crippen LogP) is 7.23. The monoisotopic (exact) mass is 682 g/mol. The smallest absolute Gasteiger partial charge is 0.306 e. The van der Waals surface area contributed by atoms with Gasteiger partial charge in [-0.3, -0.25) is 19.8 Å². The number of amides is 1. The summed E-state index contributed by atoms with van der Waals surface area (Å²) in [7, 11) is 0. The van der Waals surface area contributed by atoms with Crippen molar-refractivity contribution < 1.29 is 14.7 Å². The molecule has 14 heteroatoms. The minimum absolute atomic E-state index is 0.114. The maximum absolute atomic E-state index is 13.5. The van der Waals surface area contributed by atoms with Crippen molar-refractivity contribution in [2.75, 3.05) is 54.4 Å². The summed E-state index contributed by atoms with van der Waals surface area (Å²) in [5.74, 6) is -1.27. The number of rotatable bonds is 7. The molecule has 2 N–H and O–H groups in total. The highest BCUT2D eigenvalue weighted by Gasteiger charge is 2.30. The molecule has 1 saturated carbocycles. The van der Waals surface area contributed by atoms with Gasteiger partial charge in [0.2, 0.25) is 0 Å². The lowest BCUT2D eigenvalue weighted by Crippen LogP contribution is -2.50. The van der Waals surface area contributed by atoms with E-state index in [1.807, 2.05) is 16.3 Å². The number of halogens is 3. The van der Waals surface area contributed by atoms with Gasteiger partial charge in [0.25, 0.3) is 5.91 Å². The number of thiophene rings is 1. The Kier molecular flexibility index (Phi) is 9.66. The molecular weight excluding hydrogens is 651 g/mol. The van der Waals surface area contributed by atoms with Gasteiger partial charge in [0.05, 0.1) is 20.8 Å². The Morgan fingerprint density at radius 1 is 0.907 bits per heavy atom. The molecule has 3 aromatic heterocycles. The van der Waals surface area contributed by atoms with Crippen molar-refractivity contribution in [1.29, 1.82) is 0 Å². The molecule has 2 saturated heterocycles. The van der Waals surface area contributed by atoms with Crippen molar-refractivity contribution in [3.8, 4) is 10.6 Å². The number of piperazine rings is 1. The second-order valence-electron chi connectivity index (χ2n) is 11.3. The number of hydrogen-bond acceptors (Lipinski definition) is 9. The minimum Gasteiger partial charge on any atom is -0.481 e. The molecule has 3 aromatic rings. The van der Waals surface area contributed by atoms with Gasteiger partial charge in [0, 0.05) is 50.7 Å². The molecule has 1 aliphatic carbocycles. The van der Waals surface area contributed by atoms with Crippen LogP contribution in [0.1, 0.15) is 55.4 Å². The van der Waals surface area contributed by atoms with Crippen LogP contribution in [-0.4, -0.2) is 77.2 Å². The molecule has 1 amide bonds. The summed E-state index contributed by atoms with van der Waals surface area (Å²) in [5.41, 5.74) is 0.927. The maximum Gasteiger partial charge on any atom is 0.306 e. The molecule has 0 bridgehead atoms. The Morgan fingerprint density at radius 3 is 2.28 bits per heavy atom. The molecule has 3 aliphatic rings. The van der Waals surface area contributed by atoms with Crippen molar-refractivity contribution in [2.24, 2.45) is 5.92 Å². The van der Waals surface area contributed by atoms with Gasteiger partial charge in [0.1, 0.15) is 27.2 Å². The molecule has 0 unspecified atom stereocenters. The first kappa shape index (κ1) is 30.9. The van der Waals surface area contributed by atoms with Crippen LogP contribution in [0.4, 0.5) is 16.0 Å². The Labute approximate surface area is 273 Å². The van der Waals surface area contributed by atoms with Gasteiger partial charge in [-0.2, -0.15) is 0 Å². The van der Waals surface area contributed by atoms with Crippen molar-refractivity contribution in [2.45, 2.75) is 51.0 Å². The van der Waals surface area contributed by atoms with Crippen LogP contribution in [0, 0.1) is 5.92 Å². The van der Waals surface area contributed by atoms with Gasteiger partial charge in [-0.1, -0.05) is 65.4 Å². The zero-order valence-electron chi connectivity index (χ0n) is 23.5. The lowest BCUT2D eigenvalue weighted by molar-refractivity contribution is -0.142. The highest BCUT2D eigenvalue weighted by atomic mass is 35.5. The second-order valence-corrected chi connectivity index (χ2v) is 14.4. The van der Waals surface area contributed by atoms with Crippen molar-refractivity contribution >= 4 is 85.3 Å². The number of nitrogens with zero attached hydrogens (tertiary/aromatic N) is 5. The molecule has 0 atom stereocenters. The van der Waals surface area contributed by atoms with Crippen LogP contribution in [-0.2, 0) is 4.79 Å². The average molecular weight is 684 g/mol. The van der Waals surface area contributed by atoms with E-state index in [9.17, 15) is 14.7 Å². The third-order valence-electron chi connectivity index (χ3n) is 8.60. The van der Waals surface area contributed by atoms with Gasteiger partial charge in [-0.15, -0.1) is 11.3 Å². The first-order valence-corrected chi connectivity index (χ1v) is 17.5. The van der Waals surface area contributed by atoms with Crippen molar-refractivity contribution in [3.05, 3.63) is 38.3 Å². The maximum atomic E-state index is 13.5. The number of aliphatic carboxylic acids is 1. The molecule has 0 spiro atoms. The SMILES string of the molecule is O=C(Nc1nc(-c2cc(Cl)cs2)c(N2CCN(C3CCCCC3)CC2)s1)c1cc(Cl)c(Cl)c(N2CCC(C(=O)O)CC2)n1. The molecule has 2 aliphatic heterocycles. The fraction of sp³-hybridized carbons (Fsp3) is 0.517. The zero-order valence-corrected chi connectivity index (χ0v) is 27.4. The summed E-state index contributed by atoms with van der Waals surface area (Å²) in [4.78, 5) is 42.1. The van der Waals surface area contributed by atoms with Gasteiger partial charge in [0.15, 0.2) is 5.13 Å². The first-order chi connectivity index (χ1) is 20.8. The molecule has 0 aromatic carbocycles. The molecule has 6 rings (SSSR count). The number of piperidine rings is 1. The third-order valence-corrected chi connectivity index (χ3v) is 11.7. The Bertz CT molecular complexity index is 1480. The van der Waals surface area contributed by atoms with E-state index in [2.05, 4.69) is 20.1 Å². The molecule has 3 fully saturated rings. The summed E-state index contributed by atoms with van der Waals surface area (Å²) in [6, 6.07) is 4.05. The number of carboxylic acid groups (broad SMARTS) is 1. The highest BCUT2D eigenvalue weighted by Crippen LogP contribution is 2.43. The molecule has 5 heterocycles. The number of carboxylic acids is 1. The number of thiazole rings is 1. The standard InChI is InChI=1S/C29H33Cl3N6O3S2/c30-18-14-22(42-16-18)24-27(38-12-10-36(11-13-38)19-4-2-1-3-5-19)43-29(34-24)35-26(39)21-15-20(31)23(32)25(33-21)37-8-6-17(7-9-37)28(40)41/h14-17,19H,1-13H2,(H,40,41)(H,34,35,39). The number of hydrogen-bond donors (Lipinski definition) is 2. The van der Waals surface area contributed by atoms with Crippen LogP contribution in [0.3, 0.4) is 0 Å². The van der Waals surface area contributed by atoms with E-state index in [1.54, 1.807) is 0 Å². The summed E-state index contributed by atoms with van der Waals surface area (Å²) in [6.07, 6.45) is 7.51. The Hall–Kier alpha value is -2.15. The zero-order chi connectivity index (χ0) is 30.1. The van der Waals surface area contributed by atoms with E-state index in [-0.39, 0.29) is 15.7 Å². The van der Waals surface area contributed by atoms with E-state index in [0.717, 1.165) is 41.8 Å². The molecule has 43 heavy (non-hydrogen) atoms. The van der Waals surface area contributed by atoms with E-state index < -0.39 is 17.8 Å². The minimum atomic E-state index is -0.803. The van der Waals surface area contributed by atoms with Gasteiger partial charge < -0.3 is 14.9 Å². The number of nitrogens with one attached hydrogen (secondary N) is 1. The predicted molar refractivity (Wildman–Crippen MR) is 176 cm³/mol. The lowest BCUT2D eigenvalue weighted by Gasteiger charge is -2.41. The van der Waals surface area contributed by atoms with Crippen LogP contribution in [0.25, 0.3) is 10.6 Å².